The quantitative estimate of drug-likeness (QED) is 0.467. The Morgan fingerprint density at radius 2 is 2.33 bits per heavy atom. The molecule has 9 nitrogen and oxygen atoms in total. The van der Waals surface area contributed by atoms with Gasteiger partial charge in [0.2, 0.25) is 5.16 Å². The molecule has 0 saturated heterocycles. The minimum Gasteiger partial charge on any atom is -0.496 e. The summed E-state index contributed by atoms with van der Waals surface area (Å²) in [7, 11) is 1.39. The van der Waals surface area contributed by atoms with Crippen molar-refractivity contribution in [3.8, 4) is 17.1 Å². The van der Waals surface area contributed by atoms with Gasteiger partial charge in [-0.05, 0) is 6.07 Å². The number of thioether (sulfide) groups is 1. The number of non-ortho nitro benzene ring substituents is 1. The van der Waals surface area contributed by atoms with Crippen molar-refractivity contribution in [2.75, 3.05) is 12.9 Å². The van der Waals surface area contributed by atoms with Crippen LogP contribution in [0.4, 0.5) is 5.69 Å². The molecule has 0 saturated carbocycles. The summed E-state index contributed by atoms with van der Waals surface area (Å²) in [5, 5.41) is 26.1. The molecule has 1 aromatic carbocycles. The average Bonchev–Trinajstić information content (AvgIpc) is 2.93. The highest BCUT2D eigenvalue weighted by Gasteiger charge is 2.16. The number of nitrogens with zero attached hydrogens (tertiary/aromatic N) is 3. The molecule has 0 bridgehead atoms. The maximum atomic E-state index is 10.7. The Kier molecular flexibility index (Phi) is 4.38. The van der Waals surface area contributed by atoms with E-state index >= 15 is 0 Å². The van der Waals surface area contributed by atoms with Crippen LogP contribution in [0.1, 0.15) is 0 Å². The highest BCUT2D eigenvalue weighted by atomic mass is 32.2. The lowest BCUT2D eigenvalue weighted by Gasteiger charge is -2.05. The Balaban J connectivity index is 2.29. The van der Waals surface area contributed by atoms with E-state index in [1.807, 2.05) is 0 Å². The number of nitro groups is 1. The summed E-state index contributed by atoms with van der Waals surface area (Å²) in [5.41, 5.74) is 0.397. The molecule has 21 heavy (non-hydrogen) atoms. The number of methoxy groups -OCH3 is 1. The molecule has 0 aliphatic carbocycles. The summed E-state index contributed by atoms with van der Waals surface area (Å²) in [5.74, 6) is -0.515. The number of aromatic amines is 1. The zero-order valence-electron chi connectivity index (χ0n) is 10.8. The van der Waals surface area contributed by atoms with Crippen LogP contribution in [-0.2, 0) is 4.79 Å². The van der Waals surface area contributed by atoms with Crippen LogP contribution in [0.3, 0.4) is 0 Å². The molecule has 0 atom stereocenters. The molecule has 0 spiro atoms. The third-order valence-electron chi connectivity index (χ3n) is 2.44. The standard InChI is InChI=1S/C11H10N4O5S/c1-20-8-4-6(15(18)19)2-3-7(8)10-12-11(14-13-10)21-5-9(16)17/h2-4H,5H2,1H3,(H,16,17)(H,12,13,14). The first-order chi connectivity index (χ1) is 10.0. The average molecular weight is 310 g/mol. The number of carboxylic acids is 1. The second-order valence-electron chi connectivity index (χ2n) is 3.79. The number of H-pyrrole nitrogens is 1. The van der Waals surface area contributed by atoms with Crippen LogP contribution < -0.4 is 4.74 Å². The molecular weight excluding hydrogens is 300 g/mol. The smallest absolute Gasteiger partial charge is 0.313 e. The Hall–Kier alpha value is -2.62. The lowest BCUT2D eigenvalue weighted by Crippen LogP contribution is -1.97. The molecule has 1 heterocycles. The summed E-state index contributed by atoms with van der Waals surface area (Å²) in [6.07, 6.45) is 0. The molecule has 0 aliphatic heterocycles. The summed E-state index contributed by atoms with van der Waals surface area (Å²) in [4.78, 5) is 24.8. The van der Waals surface area contributed by atoms with Crippen LogP contribution in [-0.4, -0.2) is 44.0 Å². The molecule has 10 heteroatoms. The highest BCUT2D eigenvalue weighted by molar-refractivity contribution is 7.99. The summed E-state index contributed by atoms with van der Waals surface area (Å²) >= 11 is 0.963. The first-order valence-electron chi connectivity index (χ1n) is 5.61. The fourth-order valence-corrected chi connectivity index (χ4v) is 2.07. The molecule has 0 unspecified atom stereocenters. The van der Waals surface area contributed by atoms with Crippen molar-refractivity contribution in [3.63, 3.8) is 0 Å². The van der Waals surface area contributed by atoms with Crippen LogP contribution >= 0.6 is 11.8 Å². The minimum absolute atomic E-state index is 0.101. The lowest BCUT2D eigenvalue weighted by atomic mass is 10.1. The van der Waals surface area contributed by atoms with E-state index in [1.165, 1.54) is 25.3 Å². The van der Waals surface area contributed by atoms with Gasteiger partial charge < -0.3 is 9.84 Å². The largest absolute Gasteiger partial charge is 0.496 e. The van der Waals surface area contributed by atoms with Crippen molar-refractivity contribution in [1.82, 2.24) is 15.2 Å². The van der Waals surface area contributed by atoms with E-state index in [1.54, 1.807) is 0 Å². The highest BCUT2D eigenvalue weighted by Crippen LogP contribution is 2.31. The van der Waals surface area contributed by atoms with Crippen molar-refractivity contribution in [1.29, 1.82) is 0 Å². The van der Waals surface area contributed by atoms with Gasteiger partial charge in [0.1, 0.15) is 5.75 Å². The summed E-state index contributed by atoms with van der Waals surface area (Å²) < 4.78 is 5.10. The minimum atomic E-state index is -0.973. The van der Waals surface area contributed by atoms with Crippen LogP contribution in [0.2, 0.25) is 0 Å². The monoisotopic (exact) mass is 310 g/mol. The molecular formula is C11H10N4O5S. The Bertz CT molecular complexity index is 687. The van der Waals surface area contributed by atoms with E-state index in [9.17, 15) is 14.9 Å². The maximum Gasteiger partial charge on any atom is 0.313 e. The van der Waals surface area contributed by atoms with E-state index in [0.29, 0.717) is 11.4 Å². The van der Waals surface area contributed by atoms with Gasteiger partial charge in [-0.1, -0.05) is 11.8 Å². The van der Waals surface area contributed by atoms with E-state index in [4.69, 9.17) is 9.84 Å². The number of carboxylic acid groups (broad SMARTS) is 1. The number of rotatable bonds is 6. The molecule has 110 valence electrons. The maximum absolute atomic E-state index is 10.7. The van der Waals surface area contributed by atoms with Crippen LogP contribution in [0.25, 0.3) is 11.4 Å². The lowest BCUT2D eigenvalue weighted by molar-refractivity contribution is -0.384. The topological polar surface area (TPSA) is 131 Å². The second kappa shape index (κ2) is 6.22. The van der Waals surface area contributed by atoms with Crippen LogP contribution in [0.15, 0.2) is 23.4 Å². The van der Waals surface area contributed by atoms with E-state index < -0.39 is 10.9 Å². The van der Waals surface area contributed by atoms with Crippen molar-refractivity contribution < 1.29 is 19.6 Å². The number of benzene rings is 1. The van der Waals surface area contributed by atoms with Crippen molar-refractivity contribution in [3.05, 3.63) is 28.3 Å². The van der Waals surface area contributed by atoms with Gasteiger partial charge in [-0.2, -0.15) is 0 Å². The SMILES string of the molecule is COc1cc([N+](=O)[O-])ccc1-c1nc(SCC(=O)O)n[nH]1. The van der Waals surface area contributed by atoms with E-state index in [-0.39, 0.29) is 22.3 Å². The Labute approximate surface area is 122 Å². The third kappa shape index (κ3) is 3.48. The fourth-order valence-electron chi connectivity index (χ4n) is 1.55. The number of hydrogen-bond acceptors (Lipinski definition) is 7. The normalized spacial score (nSPS) is 10.3. The molecule has 2 rings (SSSR count). The fraction of sp³-hybridized carbons (Fsp3) is 0.182. The second-order valence-corrected chi connectivity index (χ2v) is 4.73. The number of hydrogen-bond donors (Lipinski definition) is 2. The summed E-state index contributed by atoms with van der Waals surface area (Å²) in [6, 6.07) is 4.09. The van der Waals surface area contributed by atoms with Gasteiger partial charge in [0.05, 0.1) is 29.4 Å². The van der Waals surface area contributed by atoms with Crippen LogP contribution in [0, 0.1) is 10.1 Å². The van der Waals surface area contributed by atoms with Gasteiger partial charge in [-0.15, -0.1) is 5.10 Å². The number of carbonyl (C=O) groups is 1. The molecule has 0 aliphatic rings. The van der Waals surface area contributed by atoms with E-state index in [0.717, 1.165) is 11.8 Å². The van der Waals surface area contributed by atoms with Gasteiger partial charge in [0, 0.05) is 6.07 Å². The molecule has 2 N–H and O–H groups in total. The third-order valence-corrected chi connectivity index (χ3v) is 3.27. The van der Waals surface area contributed by atoms with Gasteiger partial charge in [-0.25, -0.2) is 4.98 Å². The number of nitro benzene ring substituents is 1. The zero-order chi connectivity index (χ0) is 15.4. The first-order valence-corrected chi connectivity index (χ1v) is 6.59. The summed E-state index contributed by atoms with van der Waals surface area (Å²) in [6.45, 7) is 0. The van der Waals surface area contributed by atoms with Gasteiger partial charge in [-0.3, -0.25) is 20.0 Å². The van der Waals surface area contributed by atoms with Crippen molar-refractivity contribution in [2.24, 2.45) is 0 Å². The van der Waals surface area contributed by atoms with E-state index in [2.05, 4.69) is 15.2 Å². The molecule has 0 amide bonds. The number of ether oxygens (including phenoxy) is 1. The first kappa shape index (κ1) is 14.8. The molecule has 1 aromatic heterocycles. The molecule has 2 aromatic rings. The van der Waals surface area contributed by atoms with Gasteiger partial charge in [0.25, 0.3) is 5.69 Å². The zero-order valence-corrected chi connectivity index (χ0v) is 11.6. The van der Waals surface area contributed by atoms with Gasteiger partial charge in [0.15, 0.2) is 5.82 Å². The molecule has 0 radical (unpaired) electrons. The van der Waals surface area contributed by atoms with Gasteiger partial charge >= 0.3 is 5.97 Å². The van der Waals surface area contributed by atoms with Crippen molar-refractivity contribution in [2.45, 2.75) is 5.16 Å². The van der Waals surface area contributed by atoms with Crippen molar-refractivity contribution >= 4 is 23.4 Å². The predicted octanol–water partition coefficient (Wildman–Crippen LogP) is 1.57. The Morgan fingerprint density at radius 3 is 2.95 bits per heavy atom. The van der Waals surface area contributed by atoms with Crippen LogP contribution in [0.5, 0.6) is 5.75 Å². The Morgan fingerprint density at radius 1 is 1.57 bits per heavy atom. The number of nitrogens with one attached hydrogen (secondary N) is 1. The predicted molar refractivity (Wildman–Crippen MR) is 73.4 cm³/mol. The number of aliphatic carboxylic acids is 1. The molecule has 0 fully saturated rings. The number of aromatic nitrogens is 3.